The lowest BCUT2D eigenvalue weighted by Crippen LogP contribution is -2.16. The van der Waals surface area contributed by atoms with Crippen molar-refractivity contribution in [3.05, 3.63) is 40.3 Å². The molecule has 1 atom stereocenters. The predicted octanol–water partition coefficient (Wildman–Crippen LogP) is 2.10. The van der Waals surface area contributed by atoms with Crippen LogP contribution in [0.2, 0.25) is 0 Å². The van der Waals surface area contributed by atoms with E-state index in [0.717, 1.165) is 4.47 Å². The Labute approximate surface area is 129 Å². The molecule has 2 heterocycles. The number of methoxy groups -OCH3 is 1. The van der Waals surface area contributed by atoms with Crippen LogP contribution in [0.5, 0.6) is 17.4 Å². The van der Waals surface area contributed by atoms with Crippen LogP contribution in [0.1, 0.15) is 17.4 Å². The van der Waals surface area contributed by atoms with Crippen molar-refractivity contribution in [2.45, 2.75) is 6.10 Å². The molecule has 0 amide bonds. The van der Waals surface area contributed by atoms with Gasteiger partial charge in [-0.3, -0.25) is 4.98 Å². The molecule has 1 N–H and O–H groups in total. The lowest BCUT2D eigenvalue weighted by atomic mass is 10.1. The minimum absolute atomic E-state index is 0.288. The highest BCUT2D eigenvalue weighted by atomic mass is 79.9. The molecule has 0 spiro atoms. The average molecular weight is 353 g/mol. The molecule has 21 heavy (non-hydrogen) atoms. The maximum Gasteiger partial charge on any atom is 0.238 e. The van der Waals surface area contributed by atoms with Gasteiger partial charge in [-0.15, -0.1) is 0 Å². The van der Waals surface area contributed by atoms with E-state index in [9.17, 15) is 5.11 Å². The number of ether oxygens (including phenoxy) is 3. The van der Waals surface area contributed by atoms with Crippen LogP contribution in [0.25, 0.3) is 0 Å². The van der Waals surface area contributed by atoms with E-state index < -0.39 is 6.10 Å². The average Bonchev–Trinajstić information content (AvgIpc) is 2.54. The number of aliphatic hydroxyl groups is 1. The van der Waals surface area contributed by atoms with E-state index in [-0.39, 0.29) is 5.88 Å². The first-order valence-corrected chi connectivity index (χ1v) is 7.12. The number of hydrogen-bond acceptors (Lipinski definition) is 6. The minimum Gasteiger partial charge on any atom is -0.486 e. The topological polar surface area (TPSA) is 73.7 Å². The summed E-state index contributed by atoms with van der Waals surface area (Å²) < 4.78 is 16.9. The second-order valence-electron chi connectivity index (χ2n) is 4.38. The molecule has 0 saturated carbocycles. The van der Waals surface area contributed by atoms with E-state index in [2.05, 4.69) is 25.9 Å². The lowest BCUT2D eigenvalue weighted by Gasteiger charge is -2.21. The largest absolute Gasteiger partial charge is 0.486 e. The van der Waals surface area contributed by atoms with Gasteiger partial charge in [-0.05, 0) is 33.6 Å². The predicted molar refractivity (Wildman–Crippen MR) is 77.8 cm³/mol. The molecule has 1 aliphatic heterocycles. The Morgan fingerprint density at radius 3 is 2.81 bits per heavy atom. The highest BCUT2D eigenvalue weighted by Gasteiger charge is 2.23. The van der Waals surface area contributed by atoms with E-state index in [1.807, 2.05) is 0 Å². The van der Waals surface area contributed by atoms with Gasteiger partial charge in [-0.1, -0.05) is 0 Å². The van der Waals surface area contributed by atoms with Gasteiger partial charge in [0.05, 0.1) is 11.6 Å². The van der Waals surface area contributed by atoms with Crippen molar-refractivity contribution in [1.82, 2.24) is 9.97 Å². The molecule has 7 heteroatoms. The molecule has 3 rings (SSSR count). The molecule has 1 aromatic heterocycles. The quantitative estimate of drug-likeness (QED) is 0.911. The van der Waals surface area contributed by atoms with Gasteiger partial charge < -0.3 is 19.3 Å². The van der Waals surface area contributed by atoms with Crippen molar-refractivity contribution in [2.24, 2.45) is 0 Å². The van der Waals surface area contributed by atoms with Gasteiger partial charge >= 0.3 is 0 Å². The van der Waals surface area contributed by atoms with Crippen LogP contribution in [0, 0.1) is 0 Å². The Bertz CT molecular complexity index is 665. The van der Waals surface area contributed by atoms with Crippen molar-refractivity contribution in [2.75, 3.05) is 20.3 Å². The molecule has 6 nitrogen and oxygen atoms in total. The second-order valence-corrected chi connectivity index (χ2v) is 5.23. The van der Waals surface area contributed by atoms with Crippen molar-refractivity contribution in [1.29, 1.82) is 0 Å². The summed E-state index contributed by atoms with van der Waals surface area (Å²) >= 11 is 3.43. The third kappa shape index (κ3) is 2.66. The molecule has 110 valence electrons. The summed E-state index contributed by atoms with van der Waals surface area (Å²) in [4.78, 5) is 8.18. The number of nitrogens with zero attached hydrogens (tertiary/aromatic N) is 2. The first-order chi connectivity index (χ1) is 10.2. The van der Waals surface area contributed by atoms with E-state index in [1.54, 1.807) is 12.1 Å². The van der Waals surface area contributed by atoms with Gasteiger partial charge in [0.1, 0.15) is 25.0 Å². The van der Waals surface area contributed by atoms with Gasteiger partial charge in [0.25, 0.3) is 0 Å². The number of halogens is 1. The number of benzene rings is 1. The summed E-state index contributed by atoms with van der Waals surface area (Å²) in [5.74, 6) is 1.52. The standard InChI is InChI=1S/C14H13BrN2O4/c1-19-14-11(16-2-3-17-14)12(18)8-6-9(15)13-10(7-8)20-4-5-21-13/h2-3,6-7,12,18H,4-5H2,1H3. The zero-order valence-corrected chi connectivity index (χ0v) is 12.8. The number of rotatable bonds is 3. The van der Waals surface area contributed by atoms with E-state index in [4.69, 9.17) is 14.2 Å². The zero-order chi connectivity index (χ0) is 14.8. The van der Waals surface area contributed by atoms with Crippen LogP contribution in [0.4, 0.5) is 0 Å². The zero-order valence-electron chi connectivity index (χ0n) is 11.2. The molecular weight excluding hydrogens is 340 g/mol. The fourth-order valence-corrected chi connectivity index (χ4v) is 2.70. The molecule has 0 aliphatic carbocycles. The normalized spacial score (nSPS) is 14.6. The smallest absolute Gasteiger partial charge is 0.238 e. The molecule has 0 bridgehead atoms. The van der Waals surface area contributed by atoms with Gasteiger partial charge in [-0.2, -0.15) is 0 Å². The Balaban J connectivity index is 2.02. The highest BCUT2D eigenvalue weighted by molar-refractivity contribution is 9.10. The molecule has 0 radical (unpaired) electrons. The van der Waals surface area contributed by atoms with Gasteiger partial charge in [-0.25, -0.2) is 4.98 Å². The third-order valence-electron chi connectivity index (χ3n) is 3.08. The Kier molecular flexibility index (Phi) is 3.94. The van der Waals surface area contributed by atoms with Crippen LogP contribution < -0.4 is 14.2 Å². The molecule has 0 fully saturated rings. The first kappa shape index (κ1) is 14.1. The van der Waals surface area contributed by atoms with Crippen molar-refractivity contribution in [3.8, 4) is 17.4 Å². The van der Waals surface area contributed by atoms with Crippen LogP contribution in [-0.4, -0.2) is 35.4 Å². The summed E-state index contributed by atoms with van der Waals surface area (Å²) in [6.07, 6.45) is 2.05. The van der Waals surface area contributed by atoms with Crippen LogP contribution in [0.15, 0.2) is 29.0 Å². The van der Waals surface area contributed by atoms with Gasteiger partial charge in [0.15, 0.2) is 11.5 Å². The van der Waals surface area contributed by atoms with Crippen LogP contribution >= 0.6 is 15.9 Å². The van der Waals surface area contributed by atoms with Crippen LogP contribution in [-0.2, 0) is 0 Å². The van der Waals surface area contributed by atoms with Crippen molar-refractivity contribution >= 4 is 15.9 Å². The summed E-state index contributed by atoms with van der Waals surface area (Å²) in [5.41, 5.74) is 0.966. The minimum atomic E-state index is -0.972. The summed E-state index contributed by atoms with van der Waals surface area (Å²) in [6, 6.07) is 3.50. The number of hydrogen-bond donors (Lipinski definition) is 1. The fourth-order valence-electron chi connectivity index (χ4n) is 2.13. The lowest BCUT2D eigenvalue weighted by molar-refractivity contribution is 0.168. The van der Waals surface area contributed by atoms with Gasteiger partial charge in [0, 0.05) is 12.4 Å². The number of aromatic nitrogens is 2. The number of aliphatic hydroxyl groups excluding tert-OH is 1. The van der Waals surface area contributed by atoms with Crippen LogP contribution in [0.3, 0.4) is 0 Å². The summed E-state index contributed by atoms with van der Waals surface area (Å²) in [6.45, 7) is 0.985. The van der Waals surface area contributed by atoms with Gasteiger partial charge in [0.2, 0.25) is 5.88 Å². The van der Waals surface area contributed by atoms with E-state index in [1.165, 1.54) is 19.5 Å². The molecule has 1 aromatic carbocycles. The molecule has 2 aromatic rings. The highest BCUT2D eigenvalue weighted by Crippen LogP contribution is 2.41. The third-order valence-corrected chi connectivity index (χ3v) is 3.67. The molecule has 1 unspecified atom stereocenters. The Morgan fingerprint density at radius 2 is 2.00 bits per heavy atom. The molecular formula is C14H13BrN2O4. The van der Waals surface area contributed by atoms with E-state index >= 15 is 0 Å². The van der Waals surface area contributed by atoms with Crippen molar-refractivity contribution < 1.29 is 19.3 Å². The molecule has 0 saturated heterocycles. The summed E-state index contributed by atoms with van der Waals surface area (Å²) in [5, 5.41) is 10.5. The Morgan fingerprint density at radius 1 is 1.24 bits per heavy atom. The van der Waals surface area contributed by atoms with Crippen molar-refractivity contribution in [3.63, 3.8) is 0 Å². The molecule has 1 aliphatic rings. The SMILES string of the molecule is COc1nccnc1C(O)c1cc(Br)c2c(c1)OCCO2. The fraction of sp³-hybridized carbons (Fsp3) is 0.286. The monoisotopic (exact) mass is 352 g/mol. The summed E-state index contributed by atoms with van der Waals surface area (Å²) in [7, 11) is 1.49. The number of fused-ring (bicyclic) bond motifs is 1. The maximum absolute atomic E-state index is 10.5. The van der Waals surface area contributed by atoms with E-state index in [0.29, 0.717) is 36.0 Å². The maximum atomic E-state index is 10.5. The Hall–Kier alpha value is -1.86. The second kappa shape index (κ2) is 5.87. The first-order valence-electron chi connectivity index (χ1n) is 6.32.